The van der Waals surface area contributed by atoms with Gasteiger partial charge in [0.15, 0.2) is 0 Å². The zero-order chi connectivity index (χ0) is 11.3. The summed E-state index contributed by atoms with van der Waals surface area (Å²) in [5, 5.41) is 3.39. The van der Waals surface area contributed by atoms with Crippen LogP contribution in [0.4, 0.5) is 0 Å². The van der Waals surface area contributed by atoms with E-state index in [-0.39, 0.29) is 5.66 Å². The molecule has 1 aliphatic rings. The average Bonchev–Trinajstić information content (AvgIpc) is 2.31. The lowest BCUT2D eigenvalue weighted by molar-refractivity contribution is 0.0179. The van der Waals surface area contributed by atoms with E-state index in [1.165, 1.54) is 12.8 Å². The van der Waals surface area contributed by atoms with Gasteiger partial charge >= 0.3 is 0 Å². The fourth-order valence-electron chi connectivity index (χ4n) is 2.85. The molecule has 15 heavy (non-hydrogen) atoms. The number of nitrogens with one attached hydrogen (secondary N) is 1. The monoisotopic (exact) mass is 213 g/mol. The van der Waals surface area contributed by atoms with Crippen molar-refractivity contribution < 1.29 is 0 Å². The van der Waals surface area contributed by atoms with Crippen LogP contribution >= 0.6 is 0 Å². The van der Waals surface area contributed by atoms with E-state index < -0.39 is 0 Å². The maximum Gasteiger partial charge on any atom is 0.0714 e. The van der Waals surface area contributed by atoms with E-state index >= 15 is 0 Å². The van der Waals surface area contributed by atoms with Crippen molar-refractivity contribution >= 4 is 0 Å². The van der Waals surface area contributed by atoms with Gasteiger partial charge in [0.2, 0.25) is 0 Å². The molecule has 0 aliphatic carbocycles. The predicted octanol–water partition coefficient (Wildman–Crippen LogP) is 1.39. The third kappa shape index (κ3) is 2.71. The summed E-state index contributed by atoms with van der Waals surface area (Å²) in [6.45, 7) is 11.1. The lowest BCUT2D eigenvalue weighted by atomic mass is 9.84. The number of nitrogens with zero attached hydrogens (tertiary/aromatic N) is 1. The van der Waals surface area contributed by atoms with Crippen LogP contribution in [-0.2, 0) is 0 Å². The van der Waals surface area contributed by atoms with Gasteiger partial charge in [-0.3, -0.25) is 4.90 Å². The van der Waals surface area contributed by atoms with E-state index in [1.54, 1.807) is 0 Å². The fourth-order valence-corrected chi connectivity index (χ4v) is 2.85. The van der Waals surface area contributed by atoms with Gasteiger partial charge in [-0.25, -0.2) is 0 Å². The summed E-state index contributed by atoms with van der Waals surface area (Å²) in [6.07, 6.45) is 3.43. The largest absolute Gasteiger partial charge is 0.314 e. The van der Waals surface area contributed by atoms with Gasteiger partial charge in [0.05, 0.1) is 5.66 Å². The van der Waals surface area contributed by atoms with Crippen LogP contribution in [0.2, 0.25) is 0 Å². The molecule has 0 aromatic rings. The zero-order valence-corrected chi connectivity index (χ0v) is 10.6. The molecule has 1 unspecified atom stereocenters. The molecule has 1 atom stereocenters. The van der Waals surface area contributed by atoms with Gasteiger partial charge in [0, 0.05) is 26.2 Å². The van der Waals surface area contributed by atoms with Crippen molar-refractivity contribution in [1.29, 1.82) is 0 Å². The van der Waals surface area contributed by atoms with Crippen molar-refractivity contribution in [3.8, 4) is 0 Å². The summed E-state index contributed by atoms with van der Waals surface area (Å²) >= 11 is 0. The number of hydrogen-bond donors (Lipinski definition) is 2. The Morgan fingerprint density at radius 3 is 2.13 bits per heavy atom. The molecule has 0 bridgehead atoms. The van der Waals surface area contributed by atoms with Crippen molar-refractivity contribution in [2.45, 2.75) is 45.7 Å². The van der Waals surface area contributed by atoms with E-state index in [2.05, 4.69) is 31.0 Å². The lowest BCUT2D eigenvalue weighted by Gasteiger charge is -2.47. The minimum atomic E-state index is -0.0778. The second-order valence-electron chi connectivity index (χ2n) is 4.60. The van der Waals surface area contributed by atoms with Crippen molar-refractivity contribution in [3.05, 3.63) is 0 Å². The zero-order valence-electron chi connectivity index (χ0n) is 10.6. The molecule has 1 saturated heterocycles. The minimum absolute atomic E-state index is 0.0778. The topological polar surface area (TPSA) is 41.3 Å². The van der Waals surface area contributed by atoms with E-state index in [0.29, 0.717) is 5.92 Å². The van der Waals surface area contributed by atoms with Crippen molar-refractivity contribution in [2.75, 3.05) is 26.2 Å². The summed E-state index contributed by atoms with van der Waals surface area (Å²) in [7, 11) is 0. The lowest BCUT2D eigenvalue weighted by Crippen LogP contribution is -2.64. The van der Waals surface area contributed by atoms with E-state index in [9.17, 15) is 0 Å². The molecule has 3 nitrogen and oxygen atoms in total. The van der Waals surface area contributed by atoms with Crippen LogP contribution in [0.25, 0.3) is 0 Å². The van der Waals surface area contributed by atoms with Crippen molar-refractivity contribution in [3.63, 3.8) is 0 Å². The standard InChI is InChI=1S/C12H27N3/c1-4-11(5-2)12(13,6-3)15-9-7-14-8-10-15/h11,14H,4-10,13H2,1-3H3. The van der Waals surface area contributed by atoms with Gasteiger partial charge in [-0.15, -0.1) is 0 Å². The summed E-state index contributed by atoms with van der Waals surface area (Å²) in [5.41, 5.74) is 6.56. The van der Waals surface area contributed by atoms with E-state index in [1.807, 2.05) is 0 Å². The van der Waals surface area contributed by atoms with Crippen LogP contribution in [0.5, 0.6) is 0 Å². The molecular formula is C12H27N3. The Bertz CT molecular complexity index is 174. The Balaban J connectivity index is 2.71. The maximum atomic E-state index is 6.64. The molecule has 0 radical (unpaired) electrons. The molecule has 0 spiro atoms. The molecular weight excluding hydrogens is 186 g/mol. The number of piperazine rings is 1. The first-order chi connectivity index (χ1) is 7.19. The summed E-state index contributed by atoms with van der Waals surface area (Å²) in [6, 6.07) is 0. The van der Waals surface area contributed by atoms with Crippen LogP contribution < -0.4 is 11.1 Å². The highest BCUT2D eigenvalue weighted by molar-refractivity contribution is 4.91. The normalized spacial score (nSPS) is 23.0. The molecule has 0 saturated carbocycles. The van der Waals surface area contributed by atoms with E-state index in [4.69, 9.17) is 5.73 Å². The number of nitrogens with two attached hydrogens (primary N) is 1. The Morgan fingerprint density at radius 1 is 1.20 bits per heavy atom. The first-order valence-electron chi connectivity index (χ1n) is 6.43. The second kappa shape index (κ2) is 5.83. The Hall–Kier alpha value is -0.120. The number of rotatable bonds is 5. The average molecular weight is 213 g/mol. The highest BCUT2D eigenvalue weighted by atomic mass is 15.3. The molecule has 90 valence electrons. The Labute approximate surface area is 94.4 Å². The van der Waals surface area contributed by atoms with Gasteiger partial charge < -0.3 is 11.1 Å². The van der Waals surface area contributed by atoms with Crippen LogP contribution in [0, 0.1) is 5.92 Å². The Morgan fingerprint density at radius 2 is 1.73 bits per heavy atom. The Kier molecular flexibility index (Phi) is 5.03. The highest BCUT2D eigenvalue weighted by Gasteiger charge is 2.37. The molecule has 1 fully saturated rings. The predicted molar refractivity (Wildman–Crippen MR) is 65.7 cm³/mol. The van der Waals surface area contributed by atoms with Gasteiger partial charge in [0.1, 0.15) is 0 Å². The smallest absolute Gasteiger partial charge is 0.0714 e. The van der Waals surface area contributed by atoms with Crippen LogP contribution in [-0.4, -0.2) is 36.7 Å². The summed E-state index contributed by atoms with van der Waals surface area (Å²) < 4.78 is 0. The molecule has 0 amide bonds. The van der Waals surface area contributed by atoms with Crippen LogP contribution in [0.15, 0.2) is 0 Å². The fraction of sp³-hybridized carbons (Fsp3) is 1.00. The molecule has 0 aromatic carbocycles. The summed E-state index contributed by atoms with van der Waals surface area (Å²) in [5.74, 6) is 0.626. The molecule has 1 aliphatic heterocycles. The summed E-state index contributed by atoms with van der Waals surface area (Å²) in [4.78, 5) is 2.49. The SMILES string of the molecule is CCC(CC)C(N)(CC)N1CCNCC1. The first kappa shape index (κ1) is 12.9. The van der Waals surface area contributed by atoms with Gasteiger partial charge in [-0.05, 0) is 12.3 Å². The molecule has 1 heterocycles. The van der Waals surface area contributed by atoms with E-state index in [0.717, 1.165) is 32.6 Å². The molecule has 3 heteroatoms. The third-order valence-electron chi connectivity index (χ3n) is 3.96. The van der Waals surface area contributed by atoms with Crippen LogP contribution in [0.3, 0.4) is 0 Å². The van der Waals surface area contributed by atoms with Gasteiger partial charge in [-0.1, -0.05) is 33.6 Å². The van der Waals surface area contributed by atoms with Crippen molar-refractivity contribution in [2.24, 2.45) is 11.7 Å². The second-order valence-corrected chi connectivity index (χ2v) is 4.60. The highest BCUT2D eigenvalue weighted by Crippen LogP contribution is 2.28. The maximum absolute atomic E-state index is 6.64. The molecule has 3 N–H and O–H groups in total. The third-order valence-corrected chi connectivity index (χ3v) is 3.96. The minimum Gasteiger partial charge on any atom is -0.314 e. The van der Waals surface area contributed by atoms with Crippen LogP contribution in [0.1, 0.15) is 40.0 Å². The van der Waals surface area contributed by atoms with Gasteiger partial charge in [-0.2, -0.15) is 0 Å². The first-order valence-corrected chi connectivity index (χ1v) is 6.43. The number of hydrogen-bond acceptors (Lipinski definition) is 3. The molecule has 1 rings (SSSR count). The molecule has 0 aromatic heterocycles. The van der Waals surface area contributed by atoms with Crippen molar-refractivity contribution in [1.82, 2.24) is 10.2 Å². The van der Waals surface area contributed by atoms with Gasteiger partial charge in [0.25, 0.3) is 0 Å². The quantitative estimate of drug-likeness (QED) is 0.725.